The van der Waals surface area contributed by atoms with Crippen molar-refractivity contribution in [1.82, 2.24) is 0 Å². The largest absolute Gasteiger partial charge is 0.489 e. The molecule has 3 nitrogen and oxygen atoms in total. The molecule has 0 aliphatic heterocycles. The van der Waals surface area contributed by atoms with Crippen LogP contribution in [0.3, 0.4) is 0 Å². The van der Waals surface area contributed by atoms with Crippen LogP contribution in [0.15, 0.2) is 24.8 Å². The highest BCUT2D eigenvalue weighted by molar-refractivity contribution is 6.34. The molecule has 0 amide bonds. The minimum absolute atomic E-state index is 0.178. The zero-order chi connectivity index (χ0) is 13.0. The average Bonchev–Trinajstić information content (AvgIpc) is 2.25. The van der Waals surface area contributed by atoms with Crippen molar-refractivity contribution in [1.29, 1.82) is 0 Å². The van der Waals surface area contributed by atoms with Gasteiger partial charge < -0.3 is 4.74 Å². The lowest BCUT2D eigenvalue weighted by molar-refractivity contribution is 0.101. The fraction of sp³-hybridized carbons (Fsp3) is 0.231. The van der Waals surface area contributed by atoms with Crippen LogP contribution in [-0.2, 0) is 0 Å². The normalized spacial score (nSPS) is 9.82. The predicted molar refractivity (Wildman–Crippen MR) is 67.2 cm³/mol. The number of ether oxygens (including phenoxy) is 1. The molecule has 0 radical (unpaired) electrons. The van der Waals surface area contributed by atoms with E-state index in [1.165, 1.54) is 26.0 Å². The summed E-state index contributed by atoms with van der Waals surface area (Å²) in [4.78, 5) is 22.8. The molecule has 0 aliphatic rings. The Morgan fingerprint density at radius 1 is 1.29 bits per heavy atom. The lowest BCUT2D eigenvalue weighted by Crippen LogP contribution is -2.04. The van der Waals surface area contributed by atoms with Crippen molar-refractivity contribution < 1.29 is 14.3 Å². The minimum Gasteiger partial charge on any atom is -0.489 e. The standard InChI is InChI=1S/C13H13ClO3/c1-4-5-17-13-7-12(14)10(8(2)15)6-11(13)9(3)16/h4,6-7H,1,5H2,2-3H3. The summed E-state index contributed by atoms with van der Waals surface area (Å²) in [5.74, 6) is 0.00315. The average molecular weight is 253 g/mol. The summed E-state index contributed by atoms with van der Waals surface area (Å²) in [6, 6.07) is 2.95. The molecule has 0 N–H and O–H groups in total. The van der Waals surface area contributed by atoms with Crippen LogP contribution in [0.1, 0.15) is 34.6 Å². The Hall–Kier alpha value is -1.61. The third kappa shape index (κ3) is 3.17. The number of benzene rings is 1. The van der Waals surface area contributed by atoms with Crippen LogP contribution in [0.4, 0.5) is 0 Å². The molecule has 0 aromatic heterocycles. The van der Waals surface area contributed by atoms with Crippen molar-refractivity contribution in [3.63, 3.8) is 0 Å². The van der Waals surface area contributed by atoms with Crippen LogP contribution in [0.5, 0.6) is 5.75 Å². The van der Waals surface area contributed by atoms with Gasteiger partial charge in [0.2, 0.25) is 0 Å². The Kier molecular flexibility index (Phi) is 4.46. The van der Waals surface area contributed by atoms with E-state index >= 15 is 0 Å². The monoisotopic (exact) mass is 252 g/mol. The summed E-state index contributed by atoms with van der Waals surface area (Å²) in [6.07, 6.45) is 1.57. The summed E-state index contributed by atoms with van der Waals surface area (Å²) < 4.78 is 5.33. The molecule has 0 saturated heterocycles. The minimum atomic E-state index is -0.187. The number of hydrogen-bond donors (Lipinski definition) is 0. The maximum absolute atomic E-state index is 11.5. The van der Waals surface area contributed by atoms with Gasteiger partial charge in [0, 0.05) is 11.6 Å². The smallest absolute Gasteiger partial charge is 0.163 e. The Bertz CT molecular complexity index is 478. The summed E-state index contributed by atoms with van der Waals surface area (Å²) >= 11 is 5.94. The number of hydrogen-bond acceptors (Lipinski definition) is 3. The molecule has 1 aromatic carbocycles. The highest BCUT2D eigenvalue weighted by atomic mass is 35.5. The van der Waals surface area contributed by atoms with Gasteiger partial charge in [-0.3, -0.25) is 9.59 Å². The van der Waals surface area contributed by atoms with Crippen LogP contribution >= 0.6 is 11.6 Å². The lowest BCUT2D eigenvalue weighted by Gasteiger charge is -2.10. The van der Waals surface area contributed by atoms with Crippen LogP contribution in [0.25, 0.3) is 0 Å². The van der Waals surface area contributed by atoms with Crippen molar-refractivity contribution in [2.24, 2.45) is 0 Å². The molecule has 0 atom stereocenters. The molecule has 4 heteroatoms. The van der Waals surface area contributed by atoms with Crippen molar-refractivity contribution in [3.8, 4) is 5.75 Å². The van der Waals surface area contributed by atoms with Crippen LogP contribution in [-0.4, -0.2) is 18.2 Å². The second-order valence-corrected chi connectivity index (χ2v) is 3.95. The fourth-order valence-electron chi connectivity index (χ4n) is 1.37. The van der Waals surface area contributed by atoms with Crippen molar-refractivity contribution >= 4 is 23.2 Å². The summed E-state index contributed by atoms with van der Waals surface area (Å²) in [5.41, 5.74) is 0.671. The zero-order valence-electron chi connectivity index (χ0n) is 9.75. The van der Waals surface area contributed by atoms with Gasteiger partial charge in [-0.05, 0) is 19.9 Å². The Morgan fingerprint density at radius 3 is 2.35 bits per heavy atom. The van der Waals surface area contributed by atoms with Gasteiger partial charge in [-0.15, -0.1) is 0 Å². The maximum Gasteiger partial charge on any atom is 0.163 e. The number of ketones is 2. The van der Waals surface area contributed by atoms with Crippen LogP contribution in [0.2, 0.25) is 5.02 Å². The van der Waals surface area contributed by atoms with Crippen molar-refractivity contribution in [2.45, 2.75) is 13.8 Å². The van der Waals surface area contributed by atoms with E-state index in [0.29, 0.717) is 16.9 Å². The first-order valence-electron chi connectivity index (χ1n) is 5.06. The first-order chi connectivity index (χ1) is 7.97. The molecule has 0 fully saturated rings. The first kappa shape index (κ1) is 13.5. The van der Waals surface area contributed by atoms with Gasteiger partial charge in [0.15, 0.2) is 11.6 Å². The van der Waals surface area contributed by atoms with Gasteiger partial charge in [0.1, 0.15) is 12.4 Å². The molecular formula is C13H13ClO3. The zero-order valence-corrected chi connectivity index (χ0v) is 10.5. The van der Waals surface area contributed by atoms with E-state index in [4.69, 9.17) is 16.3 Å². The summed E-state index contributed by atoms with van der Waals surface area (Å²) in [5, 5.41) is 0.279. The molecule has 90 valence electrons. The van der Waals surface area contributed by atoms with E-state index < -0.39 is 0 Å². The molecule has 0 bridgehead atoms. The third-order valence-electron chi connectivity index (χ3n) is 2.18. The van der Waals surface area contributed by atoms with Gasteiger partial charge >= 0.3 is 0 Å². The Morgan fingerprint density at radius 2 is 1.88 bits per heavy atom. The quantitative estimate of drug-likeness (QED) is 0.596. The highest BCUT2D eigenvalue weighted by Crippen LogP contribution is 2.28. The van der Waals surface area contributed by atoms with Gasteiger partial charge in [0.05, 0.1) is 10.6 Å². The van der Waals surface area contributed by atoms with E-state index in [2.05, 4.69) is 6.58 Å². The van der Waals surface area contributed by atoms with Gasteiger partial charge in [-0.25, -0.2) is 0 Å². The molecule has 0 unspecified atom stereocenters. The van der Waals surface area contributed by atoms with E-state index in [-0.39, 0.29) is 23.2 Å². The van der Waals surface area contributed by atoms with E-state index in [1.807, 2.05) is 0 Å². The van der Waals surface area contributed by atoms with E-state index in [1.54, 1.807) is 6.08 Å². The van der Waals surface area contributed by atoms with E-state index in [9.17, 15) is 9.59 Å². The number of Topliss-reactive ketones (excluding diaryl/α,β-unsaturated/α-hetero) is 2. The fourth-order valence-corrected chi connectivity index (χ4v) is 1.65. The number of carbonyl (C=O) groups is 2. The second kappa shape index (κ2) is 5.64. The van der Waals surface area contributed by atoms with Gasteiger partial charge in [-0.1, -0.05) is 24.3 Å². The Labute approximate surface area is 105 Å². The molecular weight excluding hydrogens is 240 g/mol. The van der Waals surface area contributed by atoms with Crippen molar-refractivity contribution in [3.05, 3.63) is 40.9 Å². The molecule has 17 heavy (non-hydrogen) atoms. The topological polar surface area (TPSA) is 43.4 Å². The molecule has 0 aliphatic carbocycles. The molecule has 0 spiro atoms. The number of carbonyl (C=O) groups excluding carboxylic acids is 2. The predicted octanol–water partition coefficient (Wildman–Crippen LogP) is 3.31. The SMILES string of the molecule is C=CCOc1cc(Cl)c(C(C)=O)cc1C(C)=O. The number of halogens is 1. The van der Waals surface area contributed by atoms with Gasteiger partial charge in [0.25, 0.3) is 0 Å². The summed E-state index contributed by atoms with van der Waals surface area (Å²) in [7, 11) is 0. The van der Waals surface area contributed by atoms with Crippen molar-refractivity contribution in [2.75, 3.05) is 6.61 Å². The molecule has 1 aromatic rings. The van der Waals surface area contributed by atoms with Crippen LogP contribution in [0, 0.1) is 0 Å². The highest BCUT2D eigenvalue weighted by Gasteiger charge is 2.15. The Balaban J connectivity index is 3.30. The first-order valence-corrected chi connectivity index (χ1v) is 5.44. The molecule has 0 heterocycles. The third-order valence-corrected chi connectivity index (χ3v) is 2.50. The number of rotatable bonds is 5. The van der Waals surface area contributed by atoms with Crippen LogP contribution < -0.4 is 4.74 Å². The van der Waals surface area contributed by atoms with E-state index in [0.717, 1.165) is 0 Å². The maximum atomic E-state index is 11.5. The lowest BCUT2D eigenvalue weighted by atomic mass is 10.0. The molecule has 0 saturated carbocycles. The molecule has 1 rings (SSSR count). The summed E-state index contributed by atoms with van der Waals surface area (Å²) in [6.45, 7) is 6.60. The van der Waals surface area contributed by atoms with Gasteiger partial charge in [-0.2, -0.15) is 0 Å². The second-order valence-electron chi connectivity index (χ2n) is 3.54.